The Hall–Kier alpha value is -1.74. The largest absolute Gasteiger partial charge is 0.494 e. The van der Waals surface area contributed by atoms with Gasteiger partial charge in [0.25, 0.3) is 0 Å². The van der Waals surface area contributed by atoms with E-state index in [-0.39, 0.29) is 0 Å². The molecule has 0 saturated carbocycles. The fourth-order valence-corrected chi connectivity index (χ4v) is 3.39. The molecule has 2 nitrogen and oxygen atoms in total. The molecule has 2 aromatic rings. The van der Waals surface area contributed by atoms with Crippen molar-refractivity contribution in [3.05, 3.63) is 48.5 Å². The summed E-state index contributed by atoms with van der Waals surface area (Å²) >= 11 is 0. The van der Waals surface area contributed by atoms with E-state index in [1.165, 1.54) is 10.4 Å². The lowest BCUT2D eigenvalue weighted by molar-refractivity contribution is 0.340. The molecule has 0 radical (unpaired) electrons. The van der Waals surface area contributed by atoms with E-state index < -0.39 is 9.52 Å². The fraction of sp³-hybridized carbons (Fsp3) is 0.250. The first-order chi connectivity index (χ1) is 9.31. The van der Waals surface area contributed by atoms with Gasteiger partial charge in [0.2, 0.25) is 0 Å². The Morgan fingerprint density at radius 1 is 0.684 bits per heavy atom. The van der Waals surface area contributed by atoms with Gasteiger partial charge in [0, 0.05) is 0 Å². The zero-order valence-electron chi connectivity index (χ0n) is 11.6. The minimum atomic E-state index is -0.405. The summed E-state index contributed by atoms with van der Waals surface area (Å²) in [5.41, 5.74) is 0. The van der Waals surface area contributed by atoms with Crippen molar-refractivity contribution < 1.29 is 9.47 Å². The number of hydrogen-bond donors (Lipinski definition) is 0. The van der Waals surface area contributed by atoms with E-state index in [0.29, 0.717) is 0 Å². The molecule has 0 atom stereocenters. The molecule has 0 amide bonds. The Kier molecular flexibility index (Phi) is 5.04. The predicted octanol–water partition coefficient (Wildman–Crippen LogP) is 1.60. The van der Waals surface area contributed by atoms with Crippen LogP contribution >= 0.6 is 0 Å². The molecule has 0 spiro atoms. The molecule has 0 saturated heterocycles. The summed E-state index contributed by atoms with van der Waals surface area (Å²) in [6.45, 7) is 5.44. The highest BCUT2D eigenvalue weighted by Gasteiger charge is 1.99. The van der Waals surface area contributed by atoms with Gasteiger partial charge in [0.1, 0.15) is 11.5 Å². The van der Waals surface area contributed by atoms with Crippen molar-refractivity contribution in [1.29, 1.82) is 0 Å². The van der Waals surface area contributed by atoms with Crippen LogP contribution in [-0.2, 0) is 0 Å². The maximum atomic E-state index is 5.45. The zero-order chi connectivity index (χ0) is 13.5. The Morgan fingerprint density at radius 2 is 1.05 bits per heavy atom. The normalized spacial score (nSPS) is 10.2. The quantitative estimate of drug-likeness (QED) is 0.744. The fourth-order valence-electron chi connectivity index (χ4n) is 1.98. The molecule has 0 unspecified atom stereocenters. The van der Waals surface area contributed by atoms with E-state index in [0.717, 1.165) is 24.7 Å². The second-order valence-electron chi connectivity index (χ2n) is 4.33. The number of rotatable bonds is 6. The molecule has 2 rings (SSSR count). The van der Waals surface area contributed by atoms with Gasteiger partial charge in [-0.1, -0.05) is 34.6 Å². The number of benzene rings is 2. The van der Waals surface area contributed by atoms with Gasteiger partial charge in [0.05, 0.1) is 22.7 Å². The predicted molar refractivity (Wildman–Crippen MR) is 83.0 cm³/mol. The summed E-state index contributed by atoms with van der Waals surface area (Å²) in [6.07, 6.45) is 0. The lowest BCUT2D eigenvalue weighted by Gasteiger charge is -2.06. The lowest BCUT2D eigenvalue weighted by atomic mass is 10.3. The molecule has 0 N–H and O–H groups in total. The van der Waals surface area contributed by atoms with E-state index >= 15 is 0 Å². The molecule has 0 heterocycles. The zero-order valence-corrected chi connectivity index (χ0v) is 13.0. The monoisotopic (exact) mass is 272 g/mol. The summed E-state index contributed by atoms with van der Waals surface area (Å²) < 4.78 is 10.9. The molecule has 0 bridgehead atoms. The Balaban J connectivity index is 1.99. The van der Waals surface area contributed by atoms with Gasteiger partial charge in [-0.15, -0.1) is 0 Å². The van der Waals surface area contributed by atoms with Crippen molar-refractivity contribution in [2.24, 2.45) is 0 Å². The molecule has 19 heavy (non-hydrogen) atoms. The summed E-state index contributed by atoms with van der Waals surface area (Å²) in [7, 11) is -0.405. The van der Waals surface area contributed by atoms with Crippen LogP contribution in [0.1, 0.15) is 13.8 Å². The molecular weight excluding hydrogens is 252 g/mol. The molecular formula is C16H20O2Si. The summed E-state index contributed by atoms with van der Waals surface area (Å²) in [4.78, 5) is 0. The van der Waals surface area contributed by atoms with Gasteiger partial charge in [-0.25, -0.2) is 0 Å². The smallest absolute Gasteiger partial charge is 0.119 e. The van der Waals surface area contributed by atoms with E-state index in [1.807, 2.05) is 13.8 Å². The first-order valence-corrected chi connectivity index (χ1v) is 8.16. The molecule has 0 aliphatic carbocycles. The lowest BCUT2D eigenvalue weighted by Crippen LogP contribution is -2.26. The van der Waals surface area contributed by atoms with Gasteiger partial charge in [-0.3, -0.25) is 0 Å². The maximum Gasteiger partial charge on any atom is 0.119 e. The standard InChI is InChI=1S/C16H20O2Si/c1-3-17-13-5-9-15(10-6-13)19-16-11-7-14(8-12-16)18-4-2/h5-12H,3-4,19H2,1-2H3. The van der Waals surface area contributed by atoms with Gasteiger partial charge in [0.15, 0.2) is 0 Å². The van der Waals surface area contributed by atoms with Crippen LogP contribution in [0.15, 0.2) is 48.5 Å². The molecule has 2 aromatic carbocycles. The molecule has 0 aromatic heterocycles. The highest BCUT2D eigenvalue weighted by atomic mass is 28.2. The van der Waals surface area contributed by atoms with Crippen LogP contribution in [0.3, 0.4) is 0 Å². The third-order valence-electron chi connectivity index (χ3n) is 2.88. The summed E-state index contributed by atoms with van der Waals surface area (Å²) in [5, 5.41) is 2.85. The highest BCUT2D eigenvalue weighted by molar-refractivity contribution is 6.67. The Labute approximate surface area is 117 Å². The third-order valence-corrected chi connectivity index (χ3v) is 4.64. The third kappa shape index (κ3) is 4.14. The molecule has 3 heteroatoms. The molecule has 100 valence electrons. The average molecular weight is 272 g/mol. The van der Waals surface area contributed by atoms with Gasteiger partial charge in [-0.05, 0) is 38.1 Å². The van der Waals surface area contributed by atoms with Crippen LogP contribution in [0.2, 0.25) is 0 Å². The minimum Gasteiger partial charge on any atom is -0.494 e. The van der Waals surface area contributed by atoms with Crippen molar-refractivity contribution >= 4 is 19.9 Å². The Morgan fingerprint density at radius 3 is 1.37 bits per heavy atom. The molecule has 0 fully saturated rings. The van der Waals surface area contributed by atoms with Crippen LogP contribution in [-0.4, -0.2) is 22.7 Å². The van der Waals surface area contributed by atoms with Gasteiger partial charge >= 0.3 is 0 Å². The average Bonchev–Trinajstić information content (AvgIpc) is 2.44. The SMILES string of the molecule is CCOc1ccc([SiH2]c2ccc(OCC)cc2)cc1. The van der Waals surface area contributed by atoms with E-state index in [1.54, 1.807) is 0 Å². The van der Waals surface area contributed by atoms with E-state index in [9.17, 15) is 0 Å². The van der Waals surface area contributed by atoms with Crippen LogP contribution in [0.5, 0.6) is 11.5 Å². The number of hydrogen-bond acceptors (Lipinski definition) is 2. The van der Waals surface area contributed by atoms with Crippen molar-refractivity contribution in [3.63, 3.8) is 0 Å². The topological polar surface area (TPSA) is 18.5 Å². The van der Waals surface area contributed by atoms with Crippen LogP contribution < -0.4 is 19.8 Å². The van der Waals surface area contributed by atoms with Crippen molar-refractivity contribution in [3.8, 4) is 11.5 Å². The summed E-state index contributed by atoms with van der Waals surface area (Å²) in [5.74, 6) is 1.90. The van der Waals surface area contributed by atoms with Crippen LogP contribution in [0.25, 0.3) is 0 Å². The maximum absolute atomic E-state index is 5.45. The van der Waals surface area contributed by atoms with Crippen molar-refractivity contribution in [1.82, 2.24) is 0 Å². The first kappa shape index (κ1) is 13.7. The molecule has 0 aliphatic rings. The van der Waals surface area contributed by atoms with Crippen molar-refractivity contribution in [2.45, 2.75) is 13.8 Å². The van der Waals surface area contributed by atoms with E-state index in [4.69, 9.17) is 9.47 Å². The van der Waals surface area contributed by atoms with Crippen molar-refractivity contribution in [2.75, 3.05) is 13.2 Å². The van der Waals surface area contributed by atoms with Crippen LogP contribution in [0, 0.1) is 0 Å². The van der Waals surface area contributed by atoms with E-state index in [2.05, 4.69) is 48.5 Å². The second-order valence-corrected chi connectivity index (χ2v) is 6.32. The second kappa shape index (κ2) is 7.00. The highest BCUT2D eigenvalue weighted by Crippen LogP contribution is 2.08. The summed E-state index contributed by atoms with van der Waals surface area (Å²) in [6, 6.07) is 16.9. The first-order valence-electron chi connectivity index (χ1n) is 6.75. The Bertz CT molecular complexity index is 444. The van der Waals surface area contributed by atoms with Gasteiger partial charge < -0.3 is 9.47 Å². The van der Waals surface area contributed by atoms with Gasteiger partial charge in [-0.2, -0.15) is 0 Å². The number of ether oxygens (including phenoxy) is 2. The molecule has 0 aliphatic heterocycles. The van der Waals surface area contributed by atoms with Crippen LogP contribution in [0.4, 0.5) is 0 Å². The minimum absolute atomic E-state index is 0.405.